The Morgan fingerprint density at radius 2 is 0.940 bits per heavy atom. The molecule has 0 amide bonds. The molecule has 15 aromatic rings. The number of pyridine rings is 5. The highest BCUT2D eigenvalue weighted by Gasteiger charge is 2.25. The van der Waals surface area contributed by atoms with Crippen molar-refractivity contribution in [3.8, 4) is 45.3 Å². The zero-order chi connectivity index (χ0) is 80.6. The van der Waals surface area contributed by atoms with Crippen LogP contribution in [0, 0.1) is 27.7 Å². The smallest absolute Gasteiger partial charge is 0.258 e. The molecule has 4 aliphatic rings. The fourth-order valence-electron chi connectivity index (χ4n) is 16.2. The molecule has 0 radical (unpaired) electrons. The van der Waals surface area contributed by atoms with Crippen molar-refractivity contribution in [3.63, 3.8) is 0 Å². The molecule has 27 heteroatoms. The van der Waals surface area contributed by atoms with Crippen molar-refractivity contribution in [3.05, 3.63) is 258 Å². The van der Waals surface area contributed by atoms with E-state index in [1.807, 2.05) is 169 Å². The van der Waals surface area contributed by atoms with Gasteiger partial charge in [0, 0.05) is 138 Å². The third-order valence-corrected chi connectivity index (χ3v) is 22.8. The number of nitrogens with zero attached hydrogens (tertiary/aromatic N) is 22. The SMILES string of the molecule is CCN(CC)C1CCN(c2ccc3nc(-c4cc5c(C)nc(C)cn5n4)cc(=O)n3c2)CC1.CN1CC=C(c2ccc3nc(-c4ccc(N(C)C)nc4)cc(=O)n3c2)CC1.CN1CC=C(c2ccc3nc(-c4ccc5c(cnn5C)c4)cc(=O)n3c2)CC1.Cc1cn2nc(-c3cc(=O)n4cc(C5CCNCC5)ccc4n3)cc2c(C)n1. The summed E-state index contributed by atoms with van der Waals surface area (Å²) >= 11 is 0. The van der Waals surface area contributed by atoms with Gasteiger partial charge in [-0.2, -0.15) is 15.3 Å². The summed E-state index contributed by atoms with van der Waals surface area (Å²) < 4.78 is 12.0. The maximum absolute atomic E-state index is 13.0. The summed E-state index contributed by atoms with van der Waals surface area (Å²) in [6, 6.07) is 36.7. The molecule has 116 heavy (non-hydrogen) atoms. The third kappa shape index (κ3) is 16.4. The lowest BCUT2D eigenvalue weighted by atomic mass is 9.91. The second-order valence-electron chi connectivity index (χ2n) is 31.0. The first kappa shape index (κ1) is 77.4. The lowest BCUT2D eigenvalue weighted by Crippen LogP contribution is -2.45. The van der Waals surface area contributed by atoms with E-state index in [1.54, 1.807) is 57.1 Å². The zero-order valence-corrected chi connectivity index (χ0v) is 67.7. The third-order valence-electron chi connectivity index (χ3n) is 22.8. The van der Waals surface area contributed by atoms with Gasteiger partial charge in [-0.05, 0) is 219 Å². The van der Waals surface area contributed by atoms with Gasteiger partial charge >= 0.3 is 0 Å². The van der Waals surface area contributed by atoms with E-state index in [2.05, 4.69) is 125 Å². The first-order valence-corrected chi connectivity index (χ1v) is 40.0. The number of benzene rings is 1. The van der Waals surface area contributed by atoms with Gasteiger partial charge in [-0.1, -0.05) is 38.1 Å². The van der Waals surface area contributed by atoms with Crippen LogP contribution < -0.4 is 37.4 Å². The minimum Gasteiger partial charge on any atom is -0.370 e. The Kier molecular flexibility index (Phi) is 22.1. The summed E-state index contributed by atoms with van der Waals surface area (Å²) in [4.78, 5) is 95.0. The van der Waals surface area contributed by atoms with Gasteiger partial charge in [0.2, 0.25) is 0 Å². The maximum atomic E-state index is 13.0. The van der Waals surface area contributed by atoms with Crippen molar-refractivity contribution in [1.82, 2.24) is 102 Å². The minimum absolute atomic E-state index is 0.0679. The van der Waals surface area contributed by atoms with Crippen LogP contribution in [0.2, 0.25) is 0 Å². The largest absolute Gasteiger partial charge is 0.370 e. The van der Waals surface area contributed by atoms with Crippen molar-refractivity contribution in [2.45, 2.75) is 92.0 Å². The molecular weight excluding hydrogens is 1460 g/mol. The summed E-state index contributed by atoms with van der Waals surface area (Å²) in [6.45, 7) is 22.5. The molecule has 4 aliphatic heterocycles. The molecular formula is C89H97N23O4. The van der Waals surface area contributed by atoms with Gasteiger partial charge in [0.1, 0.15) is 39.8 Å². The molecule has 0 saturated carbocycles. The number of likely N-dealkylation sites (N-methyl/N-ethyl adjacent to an activating group) is 2. The van der Waals surface area contributed by atoms with Crippen LogP contribution in [0.15, 0.2) is 196 Å². The molecule has 0 spiro atoms. The van der Waals surface area contributed by atoms with Gasteiger partial charge in [0.05, 0.1) is 86.4 Å². The van der Waals surface area contributed by atoms with Crippen molar-refractivity contribution >= 4 is 67.2 Å². The number of fused-ring (bicyclic) bond motifs is 7. The van der Waals surface area contributed by atoms with Crippen molar-refractivity contribution in [1.29, 1.82) is 0 Å². The van der Waals surface area contributed by atoms with Crippen LogP contribution in [0.1, 0.15) is 97.8 Å². The molecule has 0 bridgehead atoms. The van der Waals surface area contributed by atoms with Gasteiger partial charge in [0.15, 0.2) is 0 Å². The van der Waals surface area contributed by atoms with Gasteiger partial charge < -0.3 is 29.8 Å². The van der Waals surface area contributed by atoms with Crippen LogP contribution in [0.4, 0.5) is 11.5 Å². The molecule has 14 aromatic heterocycles. The number of aromatic nitrogens is 17. The summed E-state index contributed by atoms with van der Waals surface area (Å²) in [7, 11) is 10.0. The van der Waals surface area contributed by atoms with E-state index in [0.717, 1.165) is 182 Å². The molecule has 1 aromatic carbocycles. The molecule has 2 fully saturated rings. The molecule has 0 atom stereocenters. The summed E-state index contributed by atoms with van der Waals surface area (Å²) in [5, 5.41) is 17.9. The minimum atomic E-state index is -0.0991. The number of piperidine rings is 2. The fraction of sp³-hybridized carbons (Fsp3) is 0.326. The Hall–Kier alpha value is -12.6. The molecule has 1 N–H and O–H groups in total. The van der Waals surface area contributed by atoms with Gasteiger partial charge in [0.25, 0.3) is 22.2 Å². The van der Waals surface area contributed by atoms with Gasteiger partial charge in [-0.25, -0.2) is 34.0 Å². The number of aryl methyl sites for hydroxylation is 5. The van der Waals surface area contributed by atoms with E-state index in [0.29, 0.717) is 68.7 Å². The molecule has 0 unspecified atom stereocenters. The average Bonchev–Trinajstić information content (AvgIpc) is 1.53. The van der Waals surface area contributed by atoms with Crippen molar-refractivity contribution in [2.24, 2.45) is 7.05 Å². The molecule has 19 rings (SSSR count). The number of hydrogen-bond donors (Lipinski definition) is 1. The van der Waals surface area contributed by atoms with E-state index < -0.39 is 0 Å². The number of hydrogen-bond acceptors (Lipinski definition) is 20. The lowest BCUT2D eigenvalue weighted by molar-refractivity contribution is 0.186. The van der Waals surface area contributed by atoms with Crippen molar-refractivity contribution in [2.75, 3.05) is 103 Å². The Morgan fingerprint density at radius 3 is 1.45 bits per heavy atom. The summed E-state index contributed by atoms with van der Waals surface area (Å²) in [5.74, 6) is 1.36. The Balaban J connectivity index is 0.000000116. The van der Waals surface area contributed by atoms with E-state index in [4.69, 9.17) is 15.0 Å². The van der Waals surface area contributed by atoms with E-state index in [9.17, 15) is 19.2 Å². The first-order chi connectivity index (χ1) is 56.1. The highest BCUT2D eigenvalue weighted by atomic mass is 16.1. The molecule has 18 heterocycles. The van der Waals surface area contributed by atoms with E-state index >= 15 is 0 Å². The quantitative estimate of drug-likeness (QED) is 0.119. The highest BCUT2D eigenvalue weighted by molar-refractivity contribution is 5.84. The maximum Gasteiger partial charge on any atom is 0.258 e. The molecule has 592 valence electrons. The Morgan fingerprint density at radius 1 is 0.457 bits per heavy atom. The van der Waals surface area contributed by atoms with Crippen LogP contribution >= 0.6 is 0 Å². The normalized spacial score (nSPS) is 15.3. The van der Waals surface area contributed by atoms with Crippen LogP contribution in [0.3, 0.4) is 0 Å². The second-order valence-corrected chi connectivity index (χ2v) is 31.0. The lowest BCUT2D eigenvalue weighted by Gasteiger charge is -2.38. The summed E-state index contributed by atoms with van der Waals surface area (Å²) in [6.07, 6.45) is 26.0. The average molecular weight is 1550 g/mol. The van der Waals surface area contributed by atoms with Gasteiger partial charge in [-0.3, -0.25) is 51.4 Å². The topological polar surface area (TPSA) is 257 Å². The Labute approximate surface area is 670 Å². The number of anilines is 2. The first-order valence-electron chi connectivity index (χ1n) is 40.0. The monoisotopic (exact) mass is 1550 g/mol. The predicted molar refractivity (Wildman–Crippen MR) is 459 cm³/mol. The highest BCUT2D eigenvalue weighted by Crippen LogP contribution is 2.31. The Bertz CT molecular complexity index is 6540. The number of nitrogens with one attached hydrogen (secondary N) is 1. The molecule has 0 aliphatic carbocycles. The van der Waals surface area contributed by atoms with Crippen LogP contribution in [0.5, 0.6) is 0 Å². The number of rotatable bonds is 12. The van der Waals surface area contributed by atoms with E-state index in [-0.39, 0.29) is 22.2 Å². The predicted octanol–water partition coefficient (Wildman–Crippen LogP) is 11.3. The fourth-order valence-corrected chi connectivity index (χ4v) is 16.2. The summed E-state index contributed by atoms with van der Waals surface area (Å²) in [5.41, 5.74) is 21.4. The second kappa shape index (κ2) is 33.1. The van der Waals surface area contributed by atoms with Gasteiger partial charge in [-0.15, -0.1) is 0 Å². The van der Waals surface area contributed by atoms with Crippen LogP contribution in [-0.2, 0) is 7.05 Å². The van der Waals surface area contributed by atoms with Crippen molar-refractivity contribution < 1.29 is 0 Å². The molecule has 2 saturated heterocycles. The van der Waals surface area contributed by atoms with Crippen LogP contribution in [-0.4, -0.2) is 196 Å². The van der Waals surface area contributed by atoms with E-state index in [1.165, 1.54) is 16.7 Å². The van der Waals surface area contributed by atoms with Crippen LogP contribution in [0.25, 0.3) is 101 Å². The standard InChI is InChI=1S/C25H31N7O.C22H21N5O.C21H22N6O.C21H23N5O/c1-5-29(6-2)19-9-11-30(12-10-19)20-7-8-24-27-21(14-25(33)31(24)16-20)22-13-23-18(4)26-17(3)15-32(23)28-22;1-25-9-7-15(8-10-25)17-4-6-21-24-19(12-22(28)27(21)14-17)16-3-5-20-18(11-16)13-23-26(20)2;1-13-11-27-19(14(2)23-13)9-18(25-27)17-10-21(28)26-12-16(3-4-20(26)24-17)15-5-7-22-8-6-15;1-24(2)19-6-4-16(13-22-19)18-12-21(27)26-14-17(5-7-20(26)23-18)15-8-10-25(3)11-9-15/h7-8,13-16,19H,5-6,9-12H2,1-4H3;3-7,11-14H,8-10H2,1-2H3;3-4,9-12,15,22H,5-8H2,1-2H3;4-8,12-14H,9-11H2,1-3H3. The zero-order valence-electron chi connectivity index (χ0n) is 67.7. The molecule has 27 nitrogen and oxygen atoms in total.